The monoisotopic (exact) mass is 420 g/mol. The normalized spacial score (nSPS) is 11.0. The lowest BCUT2D eigenvalue weighted by Gasteiger charge is -2.13. The van der Waals surface area contributed by atoms with Gasteiger partial charge in [-0.1, -0.05) is 42.0 Å². The number of nitrogens with one attached hydrogen (secondary N) is 1. The second-order valence-electron chi connectivity index (χ2n) is 7.99. The van der Waals surface area contributed by atoms with Crippen LogP contribution in [0.2, 0.25) is 0 Å². The molecule has 0 fully saturated rings. The van der Waals surface area contributed by atoms with Crippen LogP contribution in [0.15, 0.2) is 42.5 Å². The minimum Gasteiger partial charge on any atom is -0.494 e. The Morgan fingerprint density at radius 2 is 1.74 bits per heavy atom. The van der Waals surface area contributed by atoms with Crippen LogP contribution < -0.4 is 10.1 Å². The lowest BCUT2D eigenvalue weighted by Crippen LogP contribution is -2.16. The minimum absolute atomic E-state index is 0.397. The number of aryl methyl sites for hydroxylation is 2. The molecule has 0 aliphatic heterocycles. The number of carbonyl (C=O) groups is 1. The van der Waals surface area contributed by atoms with E-state index in [1.54, 1.807) is 0 Å². The Balaban J connectivity index is 1.86. The number of rotatable bonds is 9. The van der Waals surface area contributed by atoms with Gasteiger partial charge in [0.25, 0.3) is 0 Å². The third-order valence-corrected chi connectivity index (χ3v) is 5.85. The van der Waals surface area contributed by atoms with Crippen LogP contribution in [-0.2, 0) is 19.6 Å². The molecule has 1 heterocycles. The lowest BCUT2D eigenvalue weighted by atomic mass is 10.1. The fraction of sp³-hybridized carbons (Fsp3) is 0.346. The number of benzene rings is 2. The standard InChI is InChI=1S/C26H32N2O3/c1-6-31-24-10-8-7-9-21(24)14-27-15-23-19(4)28(20(5)25(23)26(29)30)16-22-13-17(2)11-12-18(22)3/h7-13,27H,6,14-16H2,1-5H3,(H,29,30). The average molecular weight is 421 g/mol. The van der Waals surface area contributed by atoms with Gasteiger partial charge in [0.05, 0.1) is 12.2 Å². The molecule has 0 unspecified atom stereocenters. The Labute approximate surface area is 184 Å². The number of carboxylic acids is 1. The van der Waals surface area contributed by atoms with Gasteiger partial charge < -0.3 is 19.7 Å². The Morgan fingerprint density at radius 3 is 2.45 bits per heavy atom. The second-order valence-corrected chi connectivity index (χ2v) is 7.99. The fourth-order valence-electron chi connectivity index (χ4n) is 4.10. The number of hydrogen-bond acceptors (Lipinski definition) is 3. The number of ether oxygens (including phenoxy) is 1. The van der Waals surface area contributed by atoms with Crippen molar-refractivity contribution in [2.24, 2.45) is 0 Å². The summed E-state index contributed by atoms with van der Waals surface area (Å²) in [7, 11) is 0. The fourth-order valence-corrected chi connectivity index (χ4v) is 4.10. The quantitative estimate of drug-likeness (QED) is 0.502. The van der Waals surface area contributed by atoms with Gasteiger partial charge in [-0.3, -0.25) is 0 Å². The number of aromatic carboxylic acids is 1. The highest BCUT2D eigenvalue weighted by Crippen LogP contribution is 2.25. The highest BCUT2D eigenvalue weighted by atomic mass is 16.5. The van der Waals surface area contributed by atoms with E-state index in [9.17, 15) is 9.90 Å². The van der Waals surface area contributed by atoms with Crippen LogP contribution in [0.4, 0.5) is 0 Å². The molecule has 1 aromatic heterocycles. The van der Waals surface area contributed by atoms with Crippen LogP contribution in [0.5, 0.6) is 5.75 Å². The molecule has 0 bridgehead atoms. The van der Waals surface area contributed by atoms with Gasteiger partial charge in [-0.25, -0.2) is 4.79 Å². The number of nitrogens with zero attached hydrogens (tertiary/aromatic N) is 1. The van der Waals surface area contributed by atoms with Crippen LogP contribution in [0, 0.1) is 27.7 Å². The zero-order valence-electron chi connectivity index (χ0n) is 19.1. The first-order valence-corrected chi connectivity index (χ1v) is 10.7. The van der Waals surface area contributed by atoms with E-state index >= 15 is 0 Å². The first-order valence-electron chi connectivity index (χ1n) is 10.7. The van der Waals surface area contributed by atoms with Gasteiger partial charge in [0, 0.05) is 42.1 Å². The summed E-state index contributed by atoms with van der Waals surface area (Å²) in [6.07, 6.45) is 0. The third kappa shape index (κ3) is 5.00. The Bertz CT molecular complexity index is 1080. The smallest absolute Gasteiger partial charge is 0.337 e. The van der Waals surface area contributed by atoms with E-state index in [0.29, 0.717) is 31.8 Å². The largest absolute Gasteiger partial charge is 0.494 e. The summed E-state index contributed by atoms with van der Waals surface area (Å²) in [5.41, 5.74) is 7.70. The van der Waals surface area contributed by atoms with Crippen LogP contribution in [-0.4, -0.2) is 22.2 Å². The van der Waals surface area contributed by atoms with E-state index in [2.05, 4.69) is 41.9 Å². The van der Waals surface area contributed by atoms with Gasteiger partial charge in [-0.05, 0) is 51.8 Å². The van der Waals surface area contributed by atoms with Crippen molar-refractivity contribution in [2.75, 3.05) is 6.61 Å². The molecule has 31 heavy (non-hydrogen) atoms. The number of aromatic nitrogens is 1. The van der Waals surface area contributed by atoms with E-state index in [4.69, 9.17) is 4.74 Å². The van der Waals surface area contributed by atoms with Gasteiger partial charge in [0.1, 0.15) is 5.75 Å². The van der Waals surface area contributed by atoms with E-state index in [-0.39, 0.29) is 0 Å². The van der Waals surface area contributed by atoms with Gasteiger partial charge in [-0.15, -0.1) is 0 Å². The first kappa shape index (κ1) is 22.6. The lowest BCUT2D eigenvalue weighted by molar-refractivity contribution is 0.0694. The van der Waals surface area contributed by atoms with E-state index in [0.717, 1.165) is 28.3 Å². The van der Waals surface area contributed by atoms with E-state index in [1.165, 1.54) is 16.7 Å². The molecule has 3 rings (SSSR count). The van der Waals surface area contributed by atoms with Crippen molar-refractivity contribution in [2.45, 2.75) is 54.3 Å². The van der Waals surface area contributed by atoms with Crippen molar-refractivity contribution in [3.05, 3.63) is 87.2 Å². The van der Waals surface area contributed by atoms with Crippen molar-refractivity contribution < 1.29 is 14.6 Å². The van der Waals surface area contributed by atoms with Crippen LogP contribution in [0.1, 0.15) is 56.5 Å². The van der Waals surface area contributed by atoms with Crippen LogP contribution >= 0.6 is 0 Å². The molecule has 0 aliphatic rings. The van der Waals surface area contributed by atoms with Crippen molar-refractivity contribution in [3.63, 3.8) is 0 Å². The molecule has 5 heteroatoms. The van der Waals surface area contributed by atoms with E-state index < -0.39 is 5.97 Å². The van der Waals surface area contributed by atoms with Gasteiger partial charge >= 0.3 is 5.97 Å². The Kier molecular flexibility index (Phi) is 7.18. The summed E-state index contributed by atoms with van der Waals surface area (Å²) in [6.45, 7) is 12.4. The molecule has 3 aromatic rings. The maximum atomic E-state index is 12.1. The minimum atomic E-state index is -0.883. The zero-order valence-corrected chi connectivity index (χ0v) is 19.1. The number of hydrogen-bond donors (Lipinski definition) is 2. The summed E-state index contributed by atoms with van der Waals surface area (Å²) in [4.78, 5) is 12.1. The molecule has 2 aromatic carbocycles. The molecular weight excluding hydrogens is 388 g/mol. The first-order chi connectivity index (χ1) is 14.8. The molecule has 0 spiro atoms. The molecule has 0 saturated heterocycles. The Hall–Kier alpha value is -3.05. The highest BCUT2D eigenvalue weighted by Gasteiger charge is 2.22. The van der Waals surface area contributed by atoms with Crippen LogP contribution in [0.3, 0.4) is 0 Å². The van der Waals surface area contributed by atoms with Crippen molar-refractivity contribution in [1.29, 1.82) is 0 Å². The third-order valence-electron chi connectivity index (χ3n) is 5.85. The second kappa shape index (κ2) is 9.84. The molecule has 2 N–H and O–H groups in total. The predicted octanol–water partition coefficient (Wildman–Crippen LogP) is 5.16. The summed E-state index contributed by atoms with van der Waals surface area (Å²) in [6, 6.07) is 14.3. The molecule has 0 atom stereocenters. The predicted molar refractivity (Wildman–Crippen MR) is 124 cm³/mol. The van der Waals surface area contributed by atoms with Gasteiger partial charge in [0.15, 0.2) is 0 Å². The molecule has 0 aliphatic carbocycles. The van der Waals surface area contributed by atoms with Crippen molar-refractivity contribution in [3.8, 4) is 5.75 Å². The maximum Gasteiger partial charge on any atom is 0.337 e. The highest BCUT2D eigenvalue weighted by molar-refractivity contribution is 5.91. The van der Waals surface area contributed by atoms with Gasteiger partial charge in [0.2, 0.25) is 0 Å². The van der Waals surface area contributed by atoms with E-state index in [1.807, 2.05) is 45.0 Å². The summed E-state index contributed by atoms with van der Waals surface area (Å²) >= 11 is 0. The molecule has 5 nitrogen and oxygen atoms in total. The van der Waals surface area contributed by atoms with Gasteiger partial charge in [-0.2, -0.15) is 0 Å². The van der Waals surface area contributed by atoms with Crippen LogP contribution in [0.25, 0.3) is 0 Å². The number of para-hydroxylation sites is 1. The average Bonchev–Trinajstić information content (AvgIpc) is 2.96. The topological polar surface area (TPSA) is 63.5 Å². The maximum absolute atomic E-state index is 12.1. The summed E-state index contributed by atoms with van der Waals surface area (Å²) < 4.78 is 7.82. The van der Waals surface area contributed by atoms with Crippen molar-refractivity contribution in [1.82, 2.24) is 9.88 Å². The molecule has 0 saturated carbocycles. The summed E-state index contributed by atoms with van der Waals surface area (Å²) in [5, 5.41) is 13.3. The molecular formula is C26H32N2O3. The molecule has 0 amide bonds. The SMILES string of the molecule is CCOc1ccccc1CNCc1c(C(=O)O)c(C)n(Cc2cc(C)ccc2C)c1C. The zero-order chi connectivity index (χ0) is 22.5. The summed E-state index contributed by atoms with van der Waals surface area (Å²) in [5.74, 6) is -0.0248. The molecule has 164 valence electrons. The number of carboxylic acid groups (broad SMARTS) is 1. The molecule has 0 radical (unpaired) electrons. The Morgan fingerprint density at radius 1 is 1.00 bits per heavy atom. The van der Waals surface area contributed by atoms with Crippen molar-refractivity contribution >= 4 is 5.97 Å².